The van der Waals surface area contributed by atoms with Gasteiger partial charge in [-0.1, -0.05) is 6.42 Å². The zero-order valence-corrected chi connectivity index (χ0v) is 20.9. The first kappa shape index (κ1) is 29.7. The highest BCUT2D eigenvalue weighted by molar-refractivity contribution is 6.35. The van der Waals surface area contributed by atoms with E-state index in [2.05, 4.69) is 15.4 Å². The monoisotopic (exact) mass is 554 g/mol. The molecular weight excluding hydrogens is 523 g/mol. The smallest absolute Gasteiger partial charge is 0.356 e. The summed E-state index contributed by atoms with van der Waals surface area (Å²) in [5.74, 6) is -6.24. The van der Waals surface area contributed by atoms with Crippen molar-refractivity contribution in [3.8, 4) is 0 Å². The van der Waals surface area contributed by atoms with Gasteiger partial charge >= 0.3 is 18.2 Å². The second kappa shape index (κ2) is 11.5. The first-order valence-corrected chi connectivity index (χ1v) is 12.3. The number of halogens is 5. The molecule has 4 amide bonds. The molecule has 0 aromatic heterocycles. The lowest BCUT2D eigenvalue weighted by atomic mass is 9.92. The van der Waals surface area contributed by atoms with Crippen LogP contribution in [0.25, 0.3) is 0 Å². The van der Waals surface area contributed by atoms with Crippen LogP contribution in [0.5, 0.6) is 0 Å². The summed E-state index contributed by atoms with van der Waals surface area (Å²) in [5.41, 5.74) is -2.02. The number of carbonyl (C=O) groups is 5. The highest BCUT2D eigenvalue weighted by Crippen LogP contribution is 2.42. The van der Waals surface area contributed by atoms with Gasteiger partial charge in [0.05, 0.1) is 11.6 Å². The number of likely N-dealkylation sites (tertiary alicyclic amines) is 1. The maximum atomic E-state index is 13.4. The first-order chi connectivity index (χ1) is 17.6. The van der Waals surface area contributed by atoms with E-state index < -0.39 is 78.3 Å². The molecule has 3 N–H and O–H groups in total. The van der Waals surface area contributed by atoms with Crippen molar-refractivity contribution >= 4 is 29.4 Å². The summed E-state index contributed by atoms with van der Waals surface area (Å²) >= 11 is 0. The second-order valence-electron chi connectivity index (χ2n) is 10.5. The average Bonchev–Trinajstić information content (AvgIpc) is 3.51. The Bertz CT molecular complexity index is 959. The Morgan fingerprint density at radius 3 is 2.39 bits per heavy atom. The molecule has 214 valence electrons. The fourth-order valence-corrected chi connectivity index (χ4v) is 5.32. The minimum Gasteiger partial charge on any atom is -0.356 e. The lowest BCUT2D eigenvalue weighted by Gasteiger charge is -2.30. The zero-order valence-electron chi connectivity index (χ0n) is 20.9. The Morgan fingerprint density at radius 2 is 1.82 bits per heavy atom. The number of amides is 4. The SMILES string of the molecule is CC(C)(NC(=O)C(=O)N1C[C@@H]2CCC[C@@H]2[C@H]1C(=O)N[C@@H](C[C@@H]1CCNC1=O)C(=O)COC(F)(F)F)C(F)F. The van der Waals surface area contributed by atoms with Gasteiger partial charge in [-0.25, -0.2) is 8.78 Å². The van der Waals surface area contributed by atoms with Crippen LogP contribution in [0.15, 0.2) is 0 Å². The number of ketones is 1. The Hall–Kier alpha value is -2.84. The van der Waals surface area contributed by atoms with Crippen molar-refractivity contribution in [3.05, 3.63) is 0 Å². The van der Waals surface area contributed by atoms with Crippen LogP contribution in [0.1, 0.15) is 46.0 Å². The average molecular weight is 555 g/mol. The number of nitrogens with zero attached hydrogens (tertiary/aromatic N) is 1. The molecule has 0 spiro atoms. The molecule has 0 bridgehead atoms. The lowest BCUT2D eigenvalue weighted by Crippen LogP contribution is -2.58. The van der Waals surface area contributed by atoms with Crippen molar-refractivity contribution in [1.29, 1.82) is 0 Å². The maximum Gasteiger partial charge on any atom is 0.522 e. The normalized spacial score (nSPS) is 26.2. The van der Waals surface area contributed by atoms with E-state index in [1.54, 1.807) is 0 Å². The number of fused-ring (bicyclic) bond motifs is 1. The molecule has 1 aliphatic carbocycles. The number of ether oxygens (including phenoxy) is 1. The minimum atomic E-state index is -5.10. The van der Waals surface area contributed by atoms with Crippen LogP contribution in [0.4, 0.5) is 22.0 Å². The molecular formula is C23H31F5N4O6. The first-order valence-electron chi connectivity index (χ1n) is 12.3. The Kier molecular flexibility index (Phi) is 8.99. The summed E-state index contributed by atoms with van der Waals surface area (Å²) in [4.78, 5) is 64.5. The summed E-state index contributed by atoms with van der Waals surface area (Å²) in [6.07, 6.45) is -6.16. The molecule has 0 aromatic rings. The third-order valence-corrected chi connectivity index (χ3v) is 7.36. The van der Waals surface area contributed by atoms with E-state index in [4.69, 9.17) is 0 Å². The summed E-state index contributed by atoms with van der Waals surface area (Å²) in [6, 6.07) is -2.77. The molecule has 2 heterocycles. The third kappa shape index (κ3) is 6.97. The van der Waals surface area contributed by atoms with Gasteiger partial charge in [0, 0.05) is 19.0 Å². The number of rotatable bonds is 9. The Morgan fingerprint density at radius 1 is 1.13 bits per heavy atom. The van der Waals surface area contributed by atoms with E-state index in [1.165, 1.54) is 0 Å². The molecule has 5 atom stereocenters. The maximum absolute atomic E-state index is 13.4. The molecule has 2 aliphatic heterocycles. The molecule has 38 heavy (non-hydrogen) atoms. The summed E-state index contributed by atoms with van der Waals surface area (Å²) < 4.78 is 67.6. The van der Waals surface area contributed by atoms with Gasteiger partial charge < -0.3 is 20.9 Å². The van der Waals surface area contributed by atoms with Crippen molar-refractivity contribution in [1.82, 2.24) is 20.9 Å². The molecule has 0 unspecified atom stereocenters. The zero-order chi connectivity index (χ0) is 28.4. The minimum absolute atomic E-state index is 0.00490. The highest BCUT2D eigenvalue weighted by Gasteiger charge is 2.51. The molecule has 0 aromatic carbocycles. The van der Waals surface area contributed by atoms with Gasteiger partial charge in [0.25, 0.3) is 6.43 Å². The predicted molar refractivity (Wildman–Crippen MR) is 119 cm³/mol. The number of carbonyl (C=O) groups excluding carboxylic acids is 5. The number of hydrogen-bond donors (Lipinski definition) is 3. The van der Waals surface area contributed by atoms with Crippen LogP contribution in [-0.2, 0) is 28.7 Å². The highest BCUT2D eigenvalue weighted by atomic mass is 19.4. The van der Waals surface area contributed by atoms with Crippen LogP contribution < -0.4 is 16.0 Å². The van der Waals surface area contributed by atoms with Gasteiger partial charge in [-0.2, -0.15) is 0 Å². The molecule has 10 nitrogen and oxygen atoms in total. The lowest BCUT2D eigenvalue weighted by molar-refractivity contribution is -0.321. The molecule has 3 fully saturated rings. The fourth-order valence-electron chi connectivity index (χ4n) is 5.32. The molecule has 2 saturated heterocycles. The summed E-state index contributed by atoms with van der Waals surface area (Å²) in [6.45, 7) is 0.975. The molecule has 15 heteroatoms. The van der Waals surface area contributed by atoms with Crippen molar-refractivity contribution in [2.24, 2.45) is 17.8 Å². The van der Waals surface area contributed by atoms with Crippen LogP contribution in [-0.4, -0.2) is 84.4 Å². The number of hydrogen-bond acceptors (Lipinski definition) is 6. The van der Waals surface area contributed by atoms with Crippen molar-refractivity contribution < 1.29 is 50.7 Å². The van der Waals surface area contributed by atoms with Crippen molar-refractivity contribution in [3.63, 3.8) is 0 Å². The Labute approximate surface area is 215 Å². The molecule has 3 aliphatic rings. The van der Waals surface area contributed by atoms with Gasteiger partial charge in [-0.05, 0) is 51.4 Å². The molecule has 1 saturated carbocycles. The molecule has 0 radical (unpaired) electrons. The number of Topliss-reactive ketones (excluding diaryl/α,β-unsaturated/α-hetero) is 1. The van der Waals surface area contributed by atoms with Crippen LogP contribution >= 0.6 is 0 Å². The second-order valence-corrected chi connectivity index (χ2v) is 10.5. The van der Waals surface area contributed by atoms with Gasteiger partial charge in [0.2, 0.25) is 11.8 Å². The standard InChI is InChI=1S/C23H31F5N4O6/c1-22(2,21(24)25)31-19(36)20(37)32-9-12-4-3-5-13(12)16(32)18(35)30-14(8-11-6-7-29-17(11)34)15(33)10-38-23(26,27)28/h11-14,16,21H,3-10H2,1-2H3,(H,29,34)(H,30,35)(H,31,36)/t11-,12-,13-,14-,16-/m0/s1. The van der Waals surface area contributed by atoms with Crippen LogP contribution in [0, 0.1) is 17.8 Å². The quantitative estimate of drug-likeness (QED) is 0.286. The van der Waals surface area contributed by atoms with E-state index in [-0.39, 0.29) is 18.9 Å². The third-order valence-electron chi connectivity index (χ3n) is 7.36. The van der Waals surface area contributed by atoms with Crippen LogP contribution in [0.3, 0.4) is 0 Å². The van der Waals surface area contributed by atoms with Crippen molar-refractivity contribution in [2.75, 3.05) is 19.7 Å². The number of alkyl halides is 5. The van der Waals surface area contributed by atoms with Crippen LogP contribution in [0.2, 0.25) is 0 Å². The number of nitrogens with one attached hydrogen (secondary N) is 3. The largest absolute Gasteiger partial charge is 0.522 e. The fraction of sp³-hybridized carbons (Fsp3) is 0.783. The van der Waals surface area contributed by atoms with E-state index in [0.29, 0.717) is 25.8 Å². The van der Waals surface area contributed by atoms with Crippen molar-refractivity contribution in [2.45, 2.75) is 76.4 Å². The predicted octanol–water partition coefficient (Wildman–Crippen LogP) is 0.890. The van der Waals surface area contributed by atoms with E-state index in [9.17, 15) is 45.9 Å². The van der Waals surface area contributed by atoms with E-state index in [1.807, 2.05) is 5.32 Å². The van der Waals surface area contributed by atoms with E-state index >= 15 is 0 Å². The van der Waals surface area contributed by atoms with E-state index in [0.717, 1.165) is 25.2 Å². The Balaban J connectivity index is 1.79. The van der Waals surface area contributed by atoms with Gasteiger partial charge in [0.1, 0.15) is 12.6 Å². The summed E-state index contributed by atoms with van der Waals surface area (Å²) in [5, 5.41) is 6.90. The van der Waals surface area contributed by atoms with Gasteiger partial charge in [-0.3, -0.25) is 28.7 Å². The van der Waals surface area contributed by atoms with Gasteiger partial charge in [0.15, 0.2) is 5.78 Å². The summed E-state index contributed by atoms with van der Waals surface area (Å²) in [7, 11) is 0. The molecule has 3 rings (SSSR count). The van der Waals surface area contributed by atoms with Gasteiger partial charge in [-0.15, -0.1) is 13.2 Å². The topological polar surface area (TPSA) is 134 Å².